The van der Waals surface area contributed by atoms with Crippen molar-refractivity contribution in [2.75, 3.05) is 13.2 Å². The molecular formula is C51H88O6. The maximum Gasteiger partial charge on any atom is 0.306 e. The Morgan fingerprint density at radius 1 is 0.386 bits per heavy atom. The van der Waals surface area contributed by atoms with Crippen LogP contribution in [0.5, 0.6) is 0 Å². The van der Waals surface area contributed by atoms with Crippen LogP contribution in [0, 0.1) is 0 Å². The molecule has 0 bridgehead atoms. The molecule has 0 fully saturated rings. The van der Waals surface area contributed by atoms with Gasteiger partial charge < -0.3 is 14.2 Å². The van der Waals surface area contributed by atoms with Crippen LogP contribution in [0.3, 0.4) is 0 Å². The third kappa shape index (κ3) is 44.1. The molecule has 6 heteroatoms. The minimum Gasteiger partial charge on any atom is -0.462 e. The van der Waals surface area contributed by atoms with Crippen LogP contribution in [0.25, 0.3) is 0 Å². The van der Waals surface area contributed by atoms with Gasteiger partial charge in [-0.3, -0.25) is 14.4 Å². The van der Waals surface area contributed by atoms with E-state index in [1.54, 1.807) is 0 Å². The van der Waals surface area contributed by atoms with Gasteiger partial charge in [-0.15, -0.1) is 0 Å². The molecule has 328 valence electrons. The van der Waals surface area contributed by atoms with Gasteiger partial charge >= 0.3 is 17.9 Å². The number of rotatable bonds is 42. The molecule has 1 atom stereocenters. The first-order chi connectivity index (χ1) is 28.0. The van der Waals surface area contributed by atoms with Crippen molar-refractivity contribution < 1.29 is 28.6 Å². The lowest BCUT2D eigenvalue weighted by Gasteiger charge is -2.18. The second-order valence-corrected chi connectivity index (χ2v) is 15.7. The van der Waals surface area contributed by atoms with E-state index in [2.05, 4.69) is 81.5 Å². The van der Waals surface area contributed by atoms with Crippen molar-refractivity contribution in [3.05, 3.63) is 60.8 Å². The Morgan fingerprint density at radius 3 is 1.25 bits per heavy atom. The highest BCUT2D eigenvalue weighted by atomic mass is 16.6. The summed E-state index contributed by atoms with van der Waals surface area (Å²) in [4.78, 5) is 37.8. The normalized spacial score (nSPS) is 12.5. The van der Waals surface area contributed by atoms with Gasteiger partial charge in [0.15, 0.2) is 6.10 Å². The van der Waals surface area contributed by atoms with E-state index in [0.29, 0.717) is 19.3 Å². The highest BCUT2D eigenvalue weighted by molar-refractivity contribution is 5.71. The molecule has 0 aromatic rings. The highest BCUT2D eigenvalue weighted by Crippen LogP contribution is 2.14. The number of carbonyl (C=O) groups excluding carboxylic acids is 3. The predicted octanol–water partition coefficient (Wildman–Crippen LogP) is 15.3. The fraction of sp³-hybridized carbons (Fsp3) is 0.745. The Bertz CT molecular complexity index is 1050. The third-order valence-electron chi connectivity index (χ3n) is 10.1. The summed E-state index contributed by atoms with van der Waals surface area (Å²) in [5.74, 6) is -0.903. The summed E-state index contributed by atoms with van der Waals surface area (Å²) < 4.78 is 16.7. The minimum atomic E-state index is -0.779. The Morgan fingerprint density at radius 2 is 0.772 bits per heavy atom. The molecule has 0 amide bonds. The van der Waals surface area contributed by atoms with E-state index in [9.17, 15) is 14.4 Å². The predicted molar refractivity (Wildman–Crippen MR) is 242 cm³/mol. The molecule has 0 N–H and O–H groups in total. The Hall–Kier alpha value is -2.89. The van der Waals surface area contributed by atoms with Gasteiger partial charge in [0.25, 0.3) is 0 Å². The molecule has 0 aliphatic rings. The molecule has 57 heavy (non-hydrogen) atoms. The van der Waals surface area contributed by atoms with Crippen molar-refractivity contribution in [3.8, 4) is 0 Å². The first kappa shape index (κ1) is 54.1. The number of hydrogen-bond acceptors (Lipinski definition) is 6. The highest BCUT2D eigenvalue weighted by Gasteiger charge is 2.19. The molecule has 0 aromatic carbocycles. The van der Waals surface area contributed by atoms with Gasteiger partial charge in [-0.2, -0.15) is 0 Å². The summed E-state index contributed by atoms with van der Waals surface area (Å²) in [6.45, 7) is 6.37. The van der Waals surface area contributed by atoms with Gasteiger partial charge in [0, 0.05) is 19.3 Å². The van der Waals surface area contributed by atoms with E-state index in [1.165, 1.54) is 96.3 Å². The van der Waals surface area contributed by atoms with E-state index in [0.717, 1.165) is 89.9 Å². The lowest BCUT2D eigenvalue weighted by atomic mass is 10.1. The van der Waals surface area contributed by atoms with Crippen molar-refractivity contribution in [2.45, 2.75) is 232 Å². The zero-order valence-corrected chi connectivity index (χ0v) is 37.3. The summed E-state index contributed by atoms with van der Waals surface area (Å²) >= 11 is 0. The van der Waals surface area contributed by atoms with E-state index < -0.39 is 6.10 Å². The second-order valence-electron chi connectivity index (χ2n) is 15.7. The fourth-order valence-corrected chi connectivity index (χ4v) is 6.54. The Balaban J connectivity index is 4.38. The largest absolute Gasteiger partial charge is 0.462 e. The van der Waals surface area contributed by atoms with Gasteiger partial charge in [0.1, 0.15) is 13.2 Å². The molecule has 0 radical (unpaired) electrons. The van der Waals surface area contributed by atoms with Crippen LogP contribution in [-0.4, -0.2) is 37.2 Å². The molecule has 0 saturated carbocycles. The second kappa shape index (κ2) is 45.8. The van der Waals surface area contributed by atoms with Crippen LogP contribution < -0.4 is 0 Å². The average molecular weight is 797 g/mol. The summed E-state index contributed by atoms with van der Waals surface area (Å²) in [5.41, 5.74) is 0. The van der Waals surface area contributed by atoms with Crippen LogP contribution in [0.1, 0.15) is 226 Å². The summed E-state index contributed by atoms with van der Waals surface area (Å²) in [6.07, 6.45) is 54.8. The molecule has 0 saturated heterocycles. The molecular weight excluding hydrogens is 709 g/mol. The van der Waals surface area contributed by atoms with Crippen molar-refractivity contribution in [2.24, 2.45) is 0 Å². The van der Waals surface area contributed by atoms with Gasteiger partial charge in [0.05, 0.1) is 0 Å². The molecule has 1 unspecified atom stereocenters. The smallest absolute Gasteiger partial charge is 0.306 e. The maximum absolute atomic E-state index is 12.7. The third-order valence-corrected chi connectivity index (χ3v) is 10.1. The monoisotopic (exact) mass is 797 g/mol. The maximum atomic E-state index is 12.7. The minimum absolute atomic E-state index is 0.0803. The Kier molecular flexibility index (Phi) is 43.5. The van der Waals surface area contributed by atoms with E-state index >= 15 is 0 Å². The van der Waals surface area contributed by atoms with Gasteiger partial charge in [0.2, 0.25) is 0 Å². The zero-order chi connectivity index (χ0) is 41.5. The lowest BCUT2D eigenvalue weighted by Crippen LogP contribution is -2.30. The summed E-state index contributed by atoms with van der Waals surface area (Å²) in [5, 5.41) is 0. The van der Waals surface area contributed by atoms with E-state index in [-0.39, 0.29) is 31.1 Å². The van der Waals surface area contributed by atoms with Crippen LogP contribution in [0.4, 0.5) is 0 Å². The molecule has 0 heterocycles. The summed E-state index contributed by atoms with van der Waals surface area (Å²) in [7, 11) is 0. The SMILES string of the molecule is CC\C=C/C=C\C=C/CCCCCCCCCC(=O)OCC(COC(=O)CCCCCCCCCCCC)OC(=O)CCCCCCCCC/C=C\C/C=C\CC. The van der Waals surface area contributed by atoms with Crippen LogP contribution in [-0.2, 0) is 28.6 Å². The molecule has 0 aliphatic heterocycles. The lowest BCUT2D eigenvalue weighted by molar-refractivity contribution is -0.167. The van der Waals surface area contributed by atoms with Crippen molar-refractivity contribution in [3.63, 3.8) is 0 Å². The molecule has 0 rings (SSSR count). The topological polar surface area (TPSA) is 78.9 Å². The number of esters is 3. The number of unbranched alkanes of at least 4 members (excludes halogenated alkanes) is 23. The van der Waals surface area contributed by atoms with Gasteiger partial charge in [-0.05, 0) is 64.2 Å². The van der Waals surface area contributed by atoms with Gasteiger partial charge in [-0.1, -0.05) is 204 Å². The van der Waals surface area contributed by atoms with Gasteiger partial charge in [-0.25, -0.2) is 0 Å². The number of ether oxygens (including phenoxy) is 3. The first-order valence-electron chi connectivity index (χ1n) is 23.8. The average Bonchev–Trinajstić information content (AvgIpc) is 3.21. The molecule has 0 aromatic heterocycles. The quantitative estimate of drug-likeness (QED) is 0.0201. The zero-order valence-electron chi connectivity index (χ0n) is 37.3. The number of hydrogen-bond donors (Lipinski definition) is 0. The van der Waals surface area contributed by atoms with Crippen molar-refractivity contribution in [1.29, 1.82) is 0 Å². The number of allylic oxidation sites excluding steroid dienone is 10. The fourth-order valence-electron chi connectivity index (χ4n) is 6.54. The van der Waals surface area contributed by atoms with Crippen LogP contribution in [0.15, 0.2) is 60.8 Å². The van der Waals surface area contributed by atoms with E-state index in [4.69, 9.17) is 14.2 Å². The molecule has 6 nitrogen and oxygen atoms in total. The van der Waals surface area contributed by atoms with Crippen molar-refractivity contribution in [1.82, 2.24) is 0 Å². The van der Waals surface area contributed by atoms with Crippen LogP contribution in [0.2, 0.25) is 0 Å². The first-order valence-corrected chi connectivity index (χ1v) is 23.8. The Labute approximate surface area is 351 Å². The standard InChI is InChI=1S/C51H88O6/c1-4-7-10-13-16-19-22-24-26-28-29-32-35-38-41-44-50(53)56-47-48(46-55-49(52)43-40-37-34-31-21-18-15-12-9-6-3)57-51(54)45-42-39-36-33-30-27-25-23-20-17-14-11-8-5-2/h7-8,10-11,13,16-17,19-20,22,48H,4-6,9,12,14-15,18,21,23-47H2,1-3H3/b10-7-,11-8-,16-13-,20-17-,22-19-. The molecule has 0 spiro atoms. The number of carbonyl (C=O) groups is 3. The molecule has 0 aliphatic carbocycles. The van der Waals surface area contributed by atoms with E-state index in [1.807, 2.05) is 0 Å². The van der Waals surface area contributed by atoms with Crippen molar-refractivity contribution >= 4 is 17.9 Å². The summed E-state index contributed by atoms with van der Waals surface area (Å²) in [6, 6.07) is 0. The van der Waals surface area contributed by atoms with Crippen LogP contribution >= 0.6 is 0 Å².